The van der Waals surface area contributed by atoms with Gasteiger partial charge in [0.1, 0.15) is 0 Å². The summed E-state index contributed by atoms with van der Waals surface area (Å²) in [6.45, 7) is 0.633. The van der Waals surface area contributed by atoms with Gasteiger partial charge >= 0.3 is 5.97 Å². The number of carboxylic acids is 1. The zero-order valence-corrected chi connectivity index (χ0v) is 11.2. The van der Waals surface area contributed by atoms with Crippen LogP contribution in [-0.4, -0.2) is 23.5 Å². The minimum atomic E-state index is -1.09. The first kappa shape index (κ1) is 15.5. The zero-order valence-electron chi connectivity index (χ0n) is 10.5. The third-order valence-electron chi connectivity index (χ3n) is 2.59. The Balaban J connectivity index is 2.51. The maximum Gasteiger partial charge on any atom is 0.337 e. The topological polar surface area (TPSA) is 92.4 Å². The van der Waals surface area contributed by atoms with Crippen molar-refractivity contribution in [3.8, 4) is 0 Å². The van der Waals surface area contributed by atoms with Crippen LogP contribution in [0.15, 0.2) is 18.2 Å². The predicted octanol–water partition coefficient (Wildman–Crippen LogP) is 2.50. The summed E-state index contributed by atoms with van der Waals surface area (Å²) < 4.78 is 0. The first-order valence-electron chi connectivity index (χ1n) is 6.07. The first-order valence-corrected chi connectivity index (χ1v) is 6.45. The van der Waals surface area contributed by atoms with Crippen molar-refractivity contribution < 1.29 is 14.7 Å². The average Bonchev–Trinajstić information content (AvgIpc) is 2.34. The van der Waals surface area contributed by atoms with E-state index in [-0.39, 0.29) is 16.5 Å². The van der Waals surface area contributed by atoms with Gasteiger partial charge < -0.3 is 16.2 Å². The largest absolute Gasteiger partial charge is 0.478 e. The summed E-state index contributed by atoms with van der Waals surface area (Å²) in [5.41, 5.74) is 5.88. The van der Waals surface area contributed by atoms with Gasteiger partial charge in [0.15, 0.2) is 0 Å². The molecule has 4 N–H and O–H groups in total. The fourth-order valence-corrected chi connectivity index (χ4v) is 1.86. The SMILES string of the molecule is NCCCCCC(=O)Nc1ccc(C(=O)O)c(Cl)c1. The number of hydrogen-bond donors (Lipinski definition) is 3. The molecule has 104 valence electrons. The van der Waals surface area contributed by atoms with Gasteiger partial charge in [0.25, 0.3) is 0 Å². The zero-order chi connectivity index (χ0) is 14.3. The molecule has 0 spiro atoms. The van der Waals surface area contributed by atoms with Gasteiger partial charge in [-0.05, 0) is 37.6 Å². The smallest absolute Gasteiger partial charge is 0.337 e. The molecule has 0 atom stereocenters. The molecule has 0 aliphatic carbocycles. The lowest BCUT2D eigenvalue weighted by molar-refractivity contribution is -0.116. The van der Waals surface area contributed by atoms with Crippen LogP contribution in [0, 0.1) is 0 Å². The van der Waals surface area contributed by atoms with Crippen molar-refractivity contribution in [2.75, 3.05) is 11.9 Å². The van der Waals surface area contributed by atoms with Crippen LogP contribution in [0.5, 0.6) is 0 Å². The maximum absolute atomic E-state index is 11.6. The van der Waals surface area contributed by atoms with Crippen LogP contribution in [0.4, 0.5) is 5.69 Å². The molecule has 0 aromatic heterocycles. The summed E-state index contributed by atoms with van der Waals surface area (Å²) in [6, 6.07) is 4.32. The summed E-state index contributed by atoms with van der Waals surface area (Å²) in [5.74, 6) is -1.21. The summed E-state index contributed by atoms with van der Waals surface area (Å²) in [4.78, 5) is 22.4. The normalized spacial score (nSPS) is 10.2. The van der Waals surface area contributed by atoms with Crippen molar-refractivity contribution in [1.29, 1.82) is 0 Å². The Morgan fingerprint density at radius 1 is 1.26 bits per heavy atom. The predicted molar refractivity (Wildman–Crippen MR) is 74.6 cm³/mol. The molecule has 0 aliphatic rings. The molecule has 0 saturated carbocycles. The second-order valence-electron chi connectivity index (χ2n) is 4.15. The number of benzene rings is 1. The minimum Gasteiger partial charge on any atom is -0.478 e. The highest BCUT2D eigenvalue weighted by atomic mass is 35.5. The Morgan fingerprint density at radius 3 is 2.58 bits per heavy atom. The maximum atomic E-state index is 11.6. The highest BCUT2D eigenvalue weighted by molar-refractivity contribution is 6.33. The van der Waals surface area contributed by atoms with Crippen molar-refractivity contribution >= 4 is 29.2 Å². The van der Waals surface area contributed by atoms with Crippen LogP contribution in [0.25, 0.3) is 0 Å². The number of amides is 1. The van der Waals surface area contributed by atoms with Crippen molar-refractivity contribution in [1.82, 2.24) is 0 Å². The Labute approximate surface area is 116 Å². The van der Waals surface area contributed by atoms with Gasteiger partial charge in [-0.1, -0.05) is 18.0 Å². The fraction of sp³-hybridized carbons (Fsp3) is 0.385. The molecule has 0 unspecified atom stereocenters. The van der Waals surface area contributed by atoms with Crippen molar-refractivity contribution in [2.24, 2.45) is 5.73 Å². The molecule has 0 aliphatic heterocycles. The van der Waals surface area contributed by atoms with E-state index in [0.29, 0.717) is 18.7 Å². The van der Waals surface area contributed by atoms with Crippen molar-refractivity contribution in [3.63, 3.8) is 0 Å². The standard InChI is InChI=1S/C13H17ClN2O3/c14-11-8-9(5-6-10(11)13(18)19)16-12(17)4-2-1-3-7-15/h5-6,8H,1-4,7,15H2,(H,16,17)(H,18,19). The number of halogens is 1. The van der Waals surface area contributed by atoms with E-state index in [4.69, 9.17) is 22.4 Å². The number of hydrogen-bond acceptors (Lipinski definition) is 3. The molecule has 6 heteroatoms. The molecular weight excluding hydrogens is 268 g/mol. The monoisotopic (exact) mass is 284 g/mol. The van der Waals surface area contributed by atoms with Gasteiger partial charge in [0.2, 0.25) is 5.91 Å². The average molecular weight is 285 g/mol. The van der Waals surface area contributed by atoms with Gasteiger partial charge in [0, 0.05) is 12.1 Å². The molecule has 1 rings (SSSR count). The summed E-state index contributed by atoms with van der Waals surface area (Å²) in [6.07, 6.45) is 3.03. The summed E-state index contributed by atoms with van der Waals surface area (Å²) in [5, 5.41) is 11.6. The lowest BCUT2D eigenvalue weighted by Crippen LogP contribution is -2.11. The number of rotatable bonds is 7. The van der Waals surface area contributed by atoms with E-state index in [0.717, 1.165) is 19.3 Å². The molecule has 0 bridgehead atoms. The van der Waals surface area contributed by atoms with E-state index in [2.05, 4.69) is 5.32 Å². The number of carboxylic acid groups (broad SMARTS) is 1. The lowest BCUT2D eigenvalue weighted by atomic mass is 10.1. The molecule has 0 radical (unpaired) electrons. The third-order valence-corrected chi connectivity index (χ3v) is 2.90. The lowest BCUT2D eigenvalue weighted by Gasteiger charge is -2.07. The van der Waals surface area contributed by atoms with Gasteiger partial charge in [-0.2, -0.15) is 0 Å². The fourth-order valence-electron chi connectivity index (χ4n) is 1.60. The Hall–Kier alpha value is -1.59. The van der Waals surface area contributed by atoms with Crippen molar-refractivity contribution in [3.05, 3.63) is 28.8 Å². The summed E-state index contributed by atoms with van der Waals surface area (Å²) >= 11 is 5.81. The summed E-state index contributed by atoms with van der Waals surface area (Å²) in [7, 11) is 0. The quantitative estimate of drug-likeness (QED) is 0.671. The second kappa shape index (κ2) is 7.76. The van der Waals surface area contributed by atoms with E-state index in [1.807, 2.05) is 0 Å². The Bertz CT molecular complexity index is 463. The van der Waals surface area contributed by atoms with E-state index in [1.54, 1.807) is 0 Å². The molecule has 19 heavy (non-hydrogen) atoms. The number of nitrogens with two attached hydrogens (primary N) is 1. The number of aromatic carboxylic acids is 1. The van der Waals surface area contributed by atoms with E-state index < -0.39 is 5.97 Å². The molecular formula is C13H17ClN2O3. The number of nitrogens with one attached hydrogen (secondary N) is 1. The van der Waals surface area contributed by atoms with E-state index >= 15 is 0 Å². The van der Waals surface area contributed by atoms with Gasteiger partial charge in [0.05, 0.1) is 10.6 Å². The minimum absolute atomic E-state index is 0.0163. The molecule has 1 aromatic rings. The number of carbonyl (C=O) groups excluding carboxylic acids is 1. The third kappa shape index (κ3) is 5.28. The van der Waals surface area contributed by atoms with Crippen LogP contribution >= 0.6 is 11.6 Å². The van der Waals surface area contributed by atoms with Crippen LogP contribution in [0.2, 0.25) is 5.02 Å². The molecule has 5 nitrogen and oxygen atoms in total. The molecule has 0 saturated heterocycles. The van der Waals surface area contributed by atoms with Crippen molar-refractivity contribution in [2.45, 2.75) is 25.7 Å². The second-order valence-corrected chi connectivity index (χ2v) is 4.55. The Kier molecular flexibility index (Phi) is 6.32. The number of anilines is 1. The van der Waals surface area contributed by atoms with Crippen LogP contribution in [0.1, 0.15) is 36.0 Å². The first-order chi connectivity index (χ1) is 9.04. The molecule has 0 fully saturated rings. The van der Waals surface area contributed by atoms with E-state index in [9.17, 15) is 9.59 Å². The molecule has 1 aromatic carbocycles. The molecule has 0 heterocycles. The highest BCUT2D eigenvalue weighted by Crippen LogP contribution is 2.21. The van der Waals surface area contributed by atoms with Crippen LogP contribution < -0.4 is 11.1 Å². The van der Waals surface area contributed by atoms with Gasteiger partial charge in [-0.15, -0.1) is 0 Å². The van der Waals surface area contributed by atoms with E-state index in [1.165, 1.54) is 18.2 Å². The molecule has 1 amide bonds. The van der Waals surface area contributed by atoms with Crippen LogP contribution in [0.3, 0.4) is 0 Å². The highest BCUT2D eigenvalue weighted by Gasteiger charge is 2.10. The number of carbonyl (C=O) groups is 2. The Morgan fingerprint density at radius 2 is 2.00 bits per heavy atom. The van der Waals surface area contributed by atoms with Gasteiger partial charge in [-0.3, -0.25) is 4.79 Å². The number of unbranched alkanes of at least 4 members (excludes halogenated alkanes) is 2. The van der Waals surface area contributed by atoms with Crippen LogP contribution in [-0.2, 0) is 4.79 Å². The van der Waals surface area contributed by atoms with Gasteiger partial charge in [-0.25, -0.2) is 4.79 Å².